The number of halogens is 1. The third kappa shape index (κ3) is 2.05. The number of hydrogen-bond acceptors (Lipinski definition) is 2. The van der Waals surface area contributed by atoms with Gasteiger partial charge in [-0.3, -0.25) is 0 Å². The molecule has 0 atom stereocenters. The van der Waals surface area contributed by atoms with Crippen LogP contribution in [0.1, 0.15) is 24.4 Å². The maximum Gasteiger partial charge on any atom is 0.141 e. The number of aromatic hydroxyl groups is 1. The van der Waals surface area contributed by atoms with Crippen LogP contribution in [0.2, 0.25) is 0 Å². The van der Waals surface area contributed by atoms with Gasteiger partial charge >= 0.3 is 0 Å². The molecule has 4 heteroatoms. The summed E-state index contributed by atoms with van der Waals surface area (Å²) in [6.07, 6.45) is 2.40. The van der Waals surface area contributed by atoms with Crippen LogP contribution < -0.4 is 0 Å². The molecule has 1 heterocycles. The molecule has 4 rings (SSSR count). The van der Waals surface area contributed by atoms with Crippen LogP contribution in [0.3, 0.4) is 0 Å². The third-order valence-electron chi connectivity index (χ3n) is 4.11. The molecule has 3 aromatic rings. The summed E-state index contributed by atoms with van der Waals surface area (Å²) >= 11 is 3.51. The Morgan fingerprint density at radius 3 is 2.81 bits per heavy atom. The second-order valence-electron chi connectivity index (χ2n) is 5.62. The number of imidazole rings is 1. The van der Waals surface area contributed by atoms with Crippen LogP contribution in [0.25, 0.3) is 22.4 Å². The summed E-state index contributed by atoms with van der Waals surface area (Å²) in [6.45, 7) is 1.94. The average Bonchev–Trinajstić information content (AvgIpc) is 3.23. The van der Waals surface area contributed by atoms with Crippen molar-refractivity contribution in [2.45, 2.75) is 25.8 Å². The molecule has 0 amide bonds. The van der Waals surface area contributed by atoms with Gasteiger partial charge in [0.05, 0.1) is 11.0 Å². The second-order valence-corrected chi connectivity index (χ2v) is 6.53. The van der Waals surface area contributed by atoms with Gasteiger partial charge in [-0.25, -0.2) is 4.98 Å². The summed E-state index contributed by atoms with van der Waals surface area (Å²) < 4.78 is 3.36. The van der Waals surface area contributed by atoms with Gasteiger partial charge < -0.3 is 9.67 Å². The third-order valence-corrected chi connectivity index (χ3v) is 4.60. The van der Waals surface area contributed by atoms with E-state index in [-0.39, 0.29) is 0 Å². The molecule has 3 nitrogen and oxygen atoms in total. The standard InChI is InChI=1S/C17H15BrN2O/c1-10-13(3-2-4-16(10)21)17-19-14-9-11(18)5-8-15(14)20(17)12-6-7-12/h2-5,8-9,12,21H,6-7H2,1H3. The van der Waals surface area contributed by atoms with Gasteiger partial charge in [0, 0.05) is 21.6 Å². The Balaban J connectivity index is 2.03. The molecule has 106 valence electrons. The van der Waals surface area contributed by atoms with Crippen molar-refractivity contribution in [1.82, 2.24) is 9.55 Å². The van der Waals surface area contributed by atoms with Gasteiger partial charge in [-0.05, 0) is 44.0 Å². The van der Waals surface area contributed by atoms with Crippen molar-refractivity contribution >= 4 is 27.0 Å². The Hall–Kier alpha value is -1.81. The predicted molar refractivity (Wildman–Crippen MR) is 87.5 cm³/mol. The fraction of sp³-hybridized carbons (Fsp3) is 0.235. The van der Waals surface area contributed by atoms with E-state index < -0.39 is 0 Å². The SMILES string of the molecule is Cc1c(O)cccc1-c1nc2cc(Br)ccc2n1C1CC1. The lowest BCUT2D eigenvalue weighted by molar-refractivity contribution is 0.471. The molecular weight excluding hydrogens is 328 g/mol. The number of nitrogens with zero attached hydrogens (tertiary/aromatic N) is 2. The van der Waals surface area contributed by atoms with E-state index in [1.165, 1.54) is 18.4 Å². The zero-order valence-corrected chi connectivity index (χ0v) is 13.3. The first kappa shape index (κ1) is 12.9. The van der Waals surface area contributed by atoms with E-state index in [1.807, 2.05) is 19.1 Å². The molecule has 0 saturated heterocycles. The summed E-state index contributed by atoms with van der Waals surface area (Å²) in [5.74, 6) is 1.28. The molecule has 0 radical (unpaired) electrons. The first-order valence-electron chi connectivity index (χ1n) is 7.11. The first-order chi connectivity index (χ1) is 10.1. The van der Waals surface area contributed by atoms with E-state index in [4.69, 9.17) is 4.98 Å². The first-order valence-corrected chi connectivity index (χ1v) is 7.91. The van der Waals surface area contributed by atoms with Crippen LogP contribution in [-0.2, 0) is 0 Å². The van der Waals surface area contributed by atoms with E-state index in [2.05, 4.69) is 38.7 Å². The summed E-state index contributed by atoms with van der Waals surface area (Å²) in [6, 6.07) is 12.4. The van der Waals surface area contributed by atoms with Crippen LogP contribution in [0.5, 0.6) is 5.75 Å². The van der Waals surface area contributed by atoms with Gasteiger partial charge in [-0.1, -0.05) is 28.1 Å². The van der Waals surface area contributed by atoms with Crippen molar-refractivity contribution in [2.24, 2.45) is 0 Å². The Morgan fingerprint density at radius 1 is 1.24 bits per heavy atom. The Bertz CT molecular complexity index is 849. The highest BCUT2D eigenvalue weighted by Gasteiger charge is 2.29. The molecule has 0 aliphatic heterocycles. The number of aromatic nitrogens is 2. The number of benzene rings is 2. The van der Waals surface area contributed by atoms with E-state index in [0.717, 1.165) is 26.9 Å². The molecule has 1 aromatic heterocycles. The molecule has 2 aromatic carbocycles. The molecule has 0 unspecified atom stereocenters. The van der Waals surface area contributed by atoms with Gasteiger partial charge in [-0.2, -0.15) is 0 Å². The Kier molecular flexibility index (Phi) is 2.82. The van der Waals surface area contributed by atoms with Crippen LogP contribution in [0.4, 0.5) is 0 Å². The molecule has 1 fully saturated rings. The summed E-state index contributed by atoms with van der Waals surface area (Å²) in [7, 11) is 0. The van der Waals surface area contributed by atoms with Crippen molar-refractivity contribution in [3.05, 3.63) is 46.4 Å². The second kappa shape index (κ2) is 4.60. The highest BCUT2D eigenvalue weighted by atomic mass is 79.9. The van der Waals surface area contributed by atoms with Gasteiger partial charge in [0.15, 0.2) is 0 Å². The molecule has 1 N–H and O–H groups in total. The van der Waals surface area contributed by atoms with Gasteiger partial charge in [-0.15, -0.1) is 0 Å². The van der Waals surface area contributed by atoms with Crippen molar-refractivity contribution in [3.8, 4) is 17.1 Å². The summed E-state index contributed by atoms with van der Waals surface area (Å²) in [5, 5.41) is 9.98. The van der Waals surface area contributed by atoms with Gasteiger partial charge in [0.1, 0.15) is 11.6 Å². The average molecular weight is 343 g/mol. The molecule has 1 aliphatic rings. The van der Waals surface area contributed by atoms with Crippen molar-refractivity contribution in [1.29, 1.82) is 0 Å². The maximum absolute atomic E-state index is 9.98. The smallest absolute Gasteiger partial charge is 0.141 e. The zero-order valence-electron chi connectivity index (χ0n) is 11.7. The maximum atomic E-state index is 9.98. The quantitative estimate of drug-likeness (QED) is 0.725. The monoisotopic (exact) mass is 342 g/mol. The van der Waals surface area contributed by atoms with Crippen LogP contribution in [0, 0.1) is 6.92 Å². The number of rotatable bonds is 2. The lowest BCUT2D eigenvalue weighted by Crippen LogP contribution is -1.98. The van der Waals surface area contributed by atoms with Crippen molar-refractivity contribution in [2.75, 3.05) is 0 Å². The van der Waals surface area contributed by atoms with E-state index in [0.29, 0.717) is 11.8 Å². The highest BCUT2D eigenvalue weighted by Crippen LogP contribution is 2.42. The normalized spacial score (nSPS) is 14.8. The fourth-order valence-electron chi connectivity index (χ4n) is 2.83. The predicted octanol–water partition coefficient (Wildman–Crippen LogP) is 4.81. The number of phenolic OH excluding ortho intramolecular Hbond substituents is 1. The molecule has 1 aliphatic carbocycles. The topological polar surface area (TPSA) is 38.1 Å². The Morgan fingerprint density at radius 2 is 2.05 bits per heavy atom. The highest BCUT2D eigenvalue weighted by molar-refractivity contribution is 9.10. The van der Waals surface area contributed by atoms with E-state index in [9.17, 15) is 5.11 Å². The Labute approximate surface area is 131 Å². The number of hydrogen-bond donors (Lipinski definition) is 1. The molecular formula is C17H15BrN2O. The van der Waals surface area contributed by atoms with Crippen LogP contribution >= 0.6 is 15.9 Å². The van der Waals surface area contributed by atoms with E-state index >= 15 is 0 Å². The van der Waals surface area contributed by atoms with Gasteiger partial charge in [0.25, 0.3) is 0 Å². The molecule has 21 heavy (non-hydrogen) atoms. The van der Waals surface area contributed by atoms with Crippen molar-refractivity contribution < 1.29 is 5.11 Å². The van der Waals surface area contributed by atoms with Crippen LogP contribution in [0.15, 0.2) is 40.9 Å². The lowest BCUT2D eigenvalue weighted by atomic mass is 10.1. The minimum Gasteiger partial charge on any atom is -0.508 e. The van der Waals surface area contributed by atoms with Gasteiger partial charge in [0.2, 0.25) is 0 Å². The number of fused-ring (bicyclic) bond motifs is 1. The summed E-state index contributed by atoms with van der Waals surface area (Å²) in [4.78, 5) is 4.83. The number of phenols is 1. The minimum atomic E-state index is 0.322. The zero-order chi connectivity index (χ0) is 14.6. The van der Waals surface area contributed by atoms with Crippen LogP contribution in [-0.4, -0.2) is 14.7 Å². The van der Waals surface area contributed by atoms with Crippen molar-refractivity contribution in [3.63, 3.8) is 0 Å². The fourth-order valence-corrected chi connectivity index (χ4v) is 3.18. The molecule has 0 bridgehead atoms. The minimum absolute atomic E-state index is 0.322. The lowest BCUT2D eigenvalue weighted by Gasteiger charge is -2.10. The summed E-state index contributed by atoms with van der Waals surface area (Å²) in [5.41, 5.74) is 4.05. The molecule has 1 saturated carbocycles. The van der Waals surface area contributed by atoms with E-state index in [1.54, 1.807) is 6.07 Å². The largest absolute Gasteiger partial charge is 0.508 e. The molecule has 0 spiro atoms.